The molecule has 5 heteroatoms. The second kappa shape index (κ2) is 7.44. The Kier molecular flexibility index (Phi) is 5.07. The topological polar surface area (TPSA) is 57.2 Å². The summed E-state index contributed by atoms with van der Waals surface area (Å²) in [5.41, 5.74) is 9.78. The number of carbonyl (C=O) groups excluding carboxylic acids is 1. The summed E-state index contributed by atoms with van der Waals surface area (Å²) in [6, 6.07) is 15.9. The zero-order valence-corrected chi connectivity index (χ0v) is 14.8. The minimum Gasteiger partial charge on any atom is -0.497 e. The molecule has 26 heavy (non-hydrogen) atoms. The van der Waals surface area contributed by atoms with Gasteiger partial charge in [-0.3, -0.25) is 4.79 Å². The van der Waals surface area contributed by atoms with Crippen molar-refractivity contribution in [2.24, 2.45) is 5.73 Å². The molecule has 1 amide bonds. The molecule has 4 nitrogen and oxygen atoms in total. The average molecular weight is 352 g/mol. The molecule has 2 aromatic carbocycles. The van der Waals surface area contributed by atoms with Crippen LogP contribution < -0.4 is 10.5 Å². The fourth-order valence-electron chi connectivity index (χ4n) is 3.08. The van der Waals surface area contributed by atoms with Crippen molar-refractivity contribution >= 4 is 5.91 Å². The summed E-state index contributed by atoms with van der Waals surface area (Å²) < 4.78 is 20.4. The van der Waals surface area contributed by atoms with Crippen LogP contribution in [0.5, 0.6) is 5.75 Å². The predicted octanol–water partition coefficient (Wildman–Crippen LogP) is 3.95. The van der Waals surface area contributed by atoms with E-state index in [2.05, 4.69) is 4.57 Å². The lowest BCUT2D eigenvalue weighted by Crippen LogP contribution is -2.13. The van der Waals surface area contributed by atoms with Gasteiger partial charge in [0.25, 0.3) is 5.91 Å². The molecule has 0 aliphatic heterocycles. The fraction of sp³-hybridized carbons (Fsp3) is 0.190. The van der Waals surface area contributed by atoms with Crippen molar-refractivity contribution < 1.29 is 13.9 Å². The number of aromatic nitrogens is 1. The number of nitrogens with two attached hydrogens (primary N) is 1. The van der Waals surface area contributed by atoms with Gasteiger partial charge in [-0.1, -0.05) is 12.1 Å². The Labute approximate surface area is 152 Å². The van der Waals surface area contributed by atoms with Crippen LogP contribution in [0.4, 0.5) is 4.39 Å². The molecule has 0 saturated carbocycles. The minimum atomic E-state index is -0.446. The second-order valence-corrected chi connectivity index (χ2v) is 6.15. The van der Waals surface area contributed by atoms with E-state index >= 15 is 0 Å². The molecule has 0 radical (unpaired) electrons. The number of methoxy groups -OCH3 is 1. The molecule has 0 atom stereocenters. The lowest BCUT2D eigenvalue weighted by molar-refractivity contribution is 0.0999. The van der Waals surface area contributed by atoms with Crippen LogP contribution >= 0.6 is 0 Å². The maximum atomic E-state index is 13.1. The standard InChI is InChI=1S/C21H21FN2O2/c1-14-19(21(23)25)13-20(16-5-9-18(26-2)10-6-16)24(14)12-11-15-3-7-17(22)8-4-15/h3-10,13H,11-12H2,1-2H3,(H2,23,25). The third kappa shape index (κ3) is 3.61. The van der Waals surface area contributed by atoms with Gasteiger partial charge in [-0.05, 0) is 66.9 Å². The molecule has 3 aromatic rings. The van der Waals surface area contributed by atoms with Gasteiger partial charge in [0.05, 0.1) is 12.7 Å². The fourth-order valence-corrected chi connectivity index (χ4v) is 3.08. The van der Waals surface area contributed by atoms with Crippen molar-refractivity contribution in [3.05, 3.63) is 77.2 Å². The SMILES string of the molecule is COc1ccc(-c2cc(C(N)=O)c(C)n2CCc2ccc(F)cc2)cc1. The summed E-state index contributed by atoms with van der Waals surface area (Å²) in [7, 11) is 1.62. The highest BCUT2D eigenvalue weighted by Crippen LogP contribution is 2.28. The van der Waals surface area contributed by atoms with Crippen molar-refractivity contribution in [2.45, 2.75) is 19.9 Å². The van der Waals surface area contributed by atoms with Crippen LogP contribution in [0.25, 0.3) is 11.3 Å². The van der Waals surface area contributed by atoms with Gasteiger partial charge < -0.3 is 15.0 Å². The van der Waals surface area contributed by atoms with Gasteiger partial charge in [0.15, 0.2) is 0 Å². The summed E-state index contributed by atoms with van der Waals surface area (Å²) >= 11 is 0. The van der Waals surface area contributed by atoms with Crippen molar-refractivity contribution in [2.75, 3.05) is 7.11 Å². The molecule has 0 aliphatic rings. The predicted molar refractivity (Wildman–Crippen MR) is 99.8 cm³/mol. The summed E-state index contributed by atoms with van der Waals surface area (Å²) in [5, 5.41) is 0. The van der Waals surface area contributed by atoms with Crippen molar-refractivity contribution in [1.82, 2.24) is 4.57 Å². The Hall–Kier alpha value is -3.08. The smallest absolute Gasteiger partial charge is 0.250 e. The zero-order valence-electron chi connectivity index (χ0n) is 14.8. The first-order chi connectivity index (χ1) is 12.5. The molecule has 0 saturated heterocycles. The first-order valence-corrected chi connectivity index (χ1v) is 8.38. The van der Waals surface area contributed by atoms with E-state index in [9.17, 15) is 9.18 Å². The van der Waals surface area contributed by atoms with E-state index in [0.29, 0.717) is 12.1 Å². The highest BCUT2D eigenvalue weighted by molar-refractivity contribution is 5.95. The van der Waals surface area contributed by atoms with Gasteiger partial charge in [-0.25, -0.2) is 4.39 Å². The number of halogens is 1. The molecule has 0 aliphatic carbocycles. The highest BCUT2D eigenvalue weighted by atomic mass is 19.1. The number of nitrogens with zero attached hydrogens (tertiary/aromatic N) is 1. The highest BCUT2D eigenvalue weighted by Gasteiger charge is 2.16. The van der Waals surface area contributed by atoms with Gasteiger partial charge in [0, 0.05) is 17.9 Å². The zero-order chi connectivity index (χ0) is 18.7. The summed E-state index contributed by atoms with van der Waals surface area (Å²) in [5.74, 6) is 0.0728. The van der Waals surface area contributed by atoms with E-state index in [-0.39, 0.29) is 5.82 Å². The number of hydrogen-bond acceptors (Lipinski definition) is 2. The van der Waals surface area contributed by atoms with Gasteiger partial charge in [0.1, 0.15) is 11.6 Å². The average Bonchev–Trinajstić information content (AvgIpc) is 2.98. The monoisotopic (exact) mass is 352 g/mol. The largest absolute Gasteiger partial charge is 0.497 e. The Morgan fingerprint density at radius 3 is 2.35 bits per heavy atom. The quantitative estimate of drug-likeness (QED) is 0.730. The number of carbonyl (C=O) groups is 1. The number of hydrogen-bond donors (Lipinski definition) is 1. The Bertz CT molecular complexity index is 912. The number of rotatable bonds is 6. The second-order valence-electron chi connectivity index (χ2n) is 6.15. The number of aryl methyl sites for hydroxylation is 1. The first-order valence-electron chi connectivity index (χ1n) is 8.38. The van der Waals surface area contributed by atoms with Gasteiger partial charge in [-0.2, -0.15) is 0 Å². The number of benzene rings is 2. The maximum absolute atomic E-state index is 13.1. The van der Waals surface area contributed by atoms with Crippen LogP contribution in [-0.4, -0.2) is 17.6 Å². The van der Waals surface area contributed by atoms with Gasteiger partial charge >= 0.3 is 0 Å². The number of ether oxygens (including phenoxy) is 1. The lowest BCUT2D eigenvalue weighted by Gasteiger charge is -2.13. The van der Waals surface area contributed by atoms with Gasteiger partial charge in [-0.15, -0.1) is 0 Å². The van der Waals surface area contributed by atoms with E-state index in [1.165, 1.54) is 12.1 Å². The number of primary amides is 1. The van der Waals surface area contributed by atoms with E-state index in [4.69, 9.17) is 10.5 Å². The molecule has 1 aromatic heterocycles. The van der Waals surface area contributed by atoms with Crippen LogP contribution in [-0.2, 0) is 13.0 Å². The minimum absolute atomic E-state index is 0.249. The molecule has 0 bridgehead atoms. The third-order valence-electron chi connectivity index (χ3n) is 4.56. The van der Waals surface area contributed by atoms with E-state index in [1.807, 2.05) is 37.3 Å². The van der Waals surface area contributed by atoms with Crippen LogP contribution in [0.15, 0.2) is 54.6 Å². The molecule has 134 valence electrons. The van der Waals surface area contributed by atoms with E-state index in [1.54, 1.807) is 19.2 Å². The molecular formula is C21H21FN2O2. The molecule has 0 unspecified atom stereocenters. The van der Waals surface area contributed by atoms with Gasteiger partial charge in [0.2, 0.25) is 0 Å². The van der Waals surface area contributed by atoms with E-state index in [0.717, 1.165) is 34.7 Å². The summed E-state index contributed by atoms with van der Waals surface area (Å²) in [6.07, 6.45) is 0.719. The lowest BCUT2D eigenvalue weighted by atomic mass is 10.1. The van der Waals surface area contributed by atoms with Crippen LogP contribution in [0.1, 0.15) is 21.6 Å². The third-order valence-corrected chi connectivity index (χ3v) is 4.56. The van der Waals surface area contributed by atoms with Crippen molar-refractivity contribution in [3.8, 4) is 17.0 Å². The van der Waals surface area contributed by atoms with Crippen LogP contribution in [0.2, 0.25) is 0 Å². The van der Waals surface area contributed by atoms with Crippen LogP contribution in [0, 0.1) is 12.7 Å². The molecule has 1 heterocycles. The van der Waals surface area contributed by atoms with Crippen molar-refractivity contribution in [1.29, 1.82) is 0 Å². The number of amides is 1. The molecule has 3 rings (SSSR count). The van der Waals surface area contributed by atoms with E-state index < -0.39 is 5.91 Å². The molecule has 0 spiro atoms. The molecule has 2 N–H and O–H groups in total. The summed E-state index contributed by atoms with van der Waals surface area (Å²) in [4.78, 5) is 11.8. The Balaban J connectivity index is 1.95. The van der Waals surface area contributed by atoms with Crippen molar-refractivity contribution in [3.63, 3.8) is 0 Å². The molecular weight excluding hydrogens is 331 g/mol. The Morgan fingerprint density at radius 2 is 1.77 bits per heavy atom. The first kappa shape index (κ1) is 17.7. The normalized spacial score (nSPS) is 10.7. The van der Waals surface area contributed by atoms with Crippen LogP contribution in [0.3, 0.4) is 0 Å². The Morgan fingerprint density at radius 1 is 1.12 bits per heavy atom. The maximum Gasteiger partial charge on any atom is 0.250 e. The summed E-state index contributed by atoms with van der Waals surface area (Å²) in [6.45, 7) is 2.55. The molecule has 0 fully saturated rings.